The molecule has 1 atom stereocenters. The Bertz CT molecular complexity index is 384. The molecule has 1 rings (SSSR count). The maximum Gasteiger partial charge on any atom is 0.226 e. The molecule has 6 heteroatoms. The van der Waals surface area contributed by atoms with Crippen molar-refractivity contribution in [1.29, 1.82) is 0 Å². The Labute approximate surface area is 91.7 Å². The molecule has 0 aromatic carbocycles. The third-order valence-electron chi connectivity index (χ3n) is 2.01. The van der Waals surface area contributed by atoms with E-state index in [0.717, 1.165) is 6.20 Å². The Morgan fingerprint density at radius 1 is 1.60 bits per heavy atom. The van der Waals surface area contributed by atoms with E-state index >= 15 is 0 Å². The summed E-state index contributed by atoms with van der Waals surface area (Å²) in [7, 11) is 0. The molecule has 0 spiro atoms. The van der Waals surface area contributed by atoms with Gasteiger partial charge in [0.2, 0.25) is 11.2 Å². The van der Waals surface area contributed by atoms with Crippen molar-refractivity contribution in [1.82, 2.24) is 9.97 Å². The van der Waals surface area contributed by atoms with E-state index < -0.39 is 17.6 Å². The molecule has 0 saturated heterocycles. The summed E-state index contributed by atoms with van der Waals surface area (Å²) in [5, 5.41) is -0.0988. The first-order chi connectivity index (χ1) is 6.93. The number of amides is 1. The number of rotatable bonds is 3. The zero-order valence-electron chi connectivity index (χ0n) is 8.37. The highest BCUT2D eigenvalue weighted by Gasteiger charge is 2.26. The molecule has 0 saturated carbocycles. The number of primary amides is 1. The molecule has 0 radical (unpaired) electrons. The van der Waals surface area contributed by atoms with Crippen LogP contribution in [0.15, 0.2) is 6.20 Å². The van der Waals surface area contributed by atoms with Crippen LogP contribution in [0.2, 0.25) is 5.28 Å². The highest BCUT2D eigenvalue weighted by molar-refractivity contribution is 6.28. The van der Waals surface area contributed by atoms with Crippen LogP contribution in [-0.4, -0.2) is 15.9 Å². The SMILES string of the molecule is CC(C)C(C(N)=O)c1nc(Cl)ncc1F. The van der Waals surface area contributed by atoms with Crippen molar-refractivity contribution >= 4 is 17.5 Å². The summed E-state index contributed by atoms with van der Waals surface area (Å²) in [4.78, 5) is 18.3. The first kappa shape index (κ1) is 11.8. The molecule has 1 heterocycles. The summed E-state index contributed by atoms with van der Waals surface area (Å²) in [6.45, 7) is 3.51. The average molecular weight is 232 g/mol. The Balaban J connectivity index is 3.22. The molecule has 4 nitrogen and oxygen atoms in total. The number of halogens is 2. The topological polar surface area (TPSA) is 68.9 Å². The number of carbonyl (C=O) groups is 1. The molecule has 1 aromatic rings. The fraction of sp³-hybridized carbons (Fsp3) is 0.444. The molecule has 82 valence electrons. The zero-order chi connectivity index (χ0) is 11.6. The second-order valence-electron chi connectivity index (χ2n) is 3.50. The summed E-state index contributed by atoms with van der Waals surface area (Å²) >= 11 is 5.53. The van der Waals surface area contributed by atoms with E-state index in [4.69, 9.17) is 17.3 Å². The van der Waals surface area contributed by atoms with Crippen molar-refractivity contribution in [2.45, 2.75) is 19.8 Å². The number of aromatic nitrogens is 2. The summed E-state index contributed by atoms with van der Waals surface area (Å²) < 4.78 is 13.3. The predicted octanol–water partition coefficient (Wildman–Crippen LogP) is 1.49. The van der Waals surface area contributed by atoms with Crippen LogP contribution in [0.4, 0.5) is 4.39 Å². The van der Waals surface area contributed by atoms with Crippen molar-refractivity contribution in [3.05, 3.63) is 23.0 Å². The minimum atomic E-state index is -0.787. The third-order valence-corrected chi connectivity index (χ3v) is 2.19. The Morgan fingerprint density at radius 2 is 2.20 bits per heavy atom. The monoisotopic (exact) mass is 231 g/mol. The first-order valence-electron chi connectivity index (χ1n) is 4.40. The van der Waals surface area contributed by atoms with Gasteiger partial charge >= 0.3 is 0 Å². The van der Waals surface area contributed by atoms with Crippen LogP contribution < -0.4 is 5.73 Å². The molecule has 0 bridgehead atoms. The highest BCUT2D eigenvalue weighted by Crippen LogP contribution is 2.25. The van der Waals surface area contributed by atoms with Gasteiger partial charge in [-0.05, 0) is 17.5 Å². The second kappa shape index (κ2) is 4.53. The lowest BCUT2D eigenvalue weighted by molar-refractivity contribution is -0.120. The molecular weight excluding hydrogens is 221 g/mol. The van der Waals surface area contributed by atoms with Gasteiger partial charge in [-0.15, -0.1) is 0 Å². The van der Waals surface area contributed by atoms with Gasteiger partial charge in [0, 0.05) is 0 Å². The van der Waals surface area contributed by atoms with Gasteiger partial charge in [-0.1, -0.05) is 13.8 Å². The molecule has 1 aromatic heterocycles. The Kier molecular flexibility index (Phi) is 3.57. The summed E-state index contributed by atoms with van der Waals surface area (Å²) in [5.74, 6) is -2.23. The van der Waals surface area contributed by atoms with Crippen molar-refractivity contribution < 1.29 is 9.18 Å². The lowest BCUT2D eigenvalue weighted by atomic mass is 9.91. The Hall–Kier alpha value is -1.23. The van der Waals surface area contributed by atoms with E-state index in [0.29, 0.717) is 0 Å². The van der Waals surface area contributed by atoms with Gasteiger partial charge < -0.3 is 5.73 Å². The van der Waals surface area contributed by atoms with E-state index in [9.17, 15) is 9.18 Å². The minimum Gasteiger partial charge on any atom is -0.369 e. The van der Waals surface area contributed by atoms with Crippen molar-refractivity contribution in [2.75, 3.05) is 0 Å². The van der Waals surface area contributed by atoms with Gasteiger partial charge in [-0.25, -0.2) is 14.4 Å². The van der Waals surface area contributed by atoms with Gasteiger partial charge in [-0.3, -0.25) is 4.79 Å². The van der Waals surface area contributed by atoms with Crippen molar-refractivity contribution in [3.8, 4) is 0 Å². The lowest BCUT2D eigenvalue weighted by Gasteiger charge is -2.16. The predicted molar refractivity (Wildman–Crippen MR) is 53.8 cm³/mol. The molecule has 0 aliphatic heterocycles. The molecule has 15 heavy (non-hydrogen) atoms. The normalized spacial score (nSPS) is 12.9. The fourth-order valence-corrected chi connectivity index (χ4v) is 1.49. The lowest BCUT2D eigenvalue weighted by Crippen LogP contribution is -2.27. The van der Waals surface area contributed by atoms with E-state index in [1.807, 2.05) is 0 Å². The standard InChI is InChI=1S/C9H11ClFN3O/c1-4(2)6(8(12)15)7-5(11)3-13-9(10)14-7/h3-4,6H,1-2H3,(H2,12,15). The van der Waals surface area contributed by atoms with Crippen LogP contribution in [0, 0.1) is 11.7 Å². The number of nitrogens with zero attached hydrogens (tertiary/aromatic N) is 2. The van der Waals surface area contributed by atoms with Crippen LogP contribution in [0.5, 0.6) is 0 Å². The van der Waals surface area contributed by atoms with Crippen LogP contribution in [0.25, 0.3) is 0 Å². The maximum absolute atomic E-state index is 13.3. The van der Waals surface area contributed by atoms with E-state index in [1.54, 1.807) is 13.8 Å². The van der Waals surface area contributed by atoms with Crippen LogP contribution in [-0.2, 0) is 4.79 Å². The second-order valence-corrected chi connectivity index (χ2v) is 3.83. The number of hydrogen-bond acceptors (Lipinski definition) is 3. The van der Waals surface area contributed by atoms with Gasteiger partial charge in [0.1, 0.15) is 0 Å². The highest BCUT2D eigenvalue weighted by atomic mass is 35.5. The largest absolute Gasteiger partial charge is 0.369 e. The number of hydrogen-bond donors (Lipinski definition) is 1. The molecule has 0 fully saturated rings. The summed E-state index contributed by atoms with van der Waals surface area (Å²) in [6.07, 6.45) is 0.934. The maximum atomic E-state index is 13.3. The third kappa shape index (κ3) is 2.62. The van der Waals surface area contributed by atoms with Gasteiger partial charge in [0.05, 0.1) is 17.8 Å². The smallest absolute Gasteiger partial charge is 0.226 e. The minimum absolute atomic E-state index is 0.0440. The van der Waals surface area contributed by atoms with E-state index in [2.05, 4.69) is 9.97 Å². The van der Waals surface area contributed by atoms with Crippen molar-refractivity contribution in [2.24, 2.45) is 11.7 Å². The zero-order valence-corrected chi connectivity index (χ0v) is 9.12. The van der Waals surface area contributed by atoms with Crippen LogP contribution in [0.1, 0.15) is 25.5 Å². The number of carbonyl (C=O) groups excluding carboxylic acids is 1. The number of nitrogens with two attached hydrogens (primary N) is 1. The molecule has 1 amide bonds. The first-order valence-corrected chi connectivity index (χ1v) is 4.78. The molecule has 2 N–H and O–H groups in total. The molecular formula is C9H11ClFN3O. The Morgan fingerprint density at radius 3 is 2.67 bits per heavy atom. The summed E-state index contributed by atoms with van der Waals surface area (Å²) in [6, 6.07) is 0. The molecule has 0 aliphatic rings. The van der Waals surface area contributed by atoms with Gasteiger partial charge in [0.25, 0.3) is 0 Å². The fourth-order valence-electron chi connectivity index (χ4n) is 1.35. The molecule has 1 unspecified atom stereocenters. The van der Waals surface area contributed by atoms with Gasteiger partial charge in [-0.2, -0.15) is 0 Å². The van der Waals surface area contributed by atoms with E-state index in [-0.39, 0.29) is 16.9 Å². The van der Waals surface area contributed by atoms with Crippen LogP contribution in [0.3, 0.4) is 0 Å². The van der Waals surface area contributed by atoms with E-state index in [1.165, 1.54) is 0 Å². The average Bonchev–Trinajstić information content (AvgIpc) is 2.10. The van der Waals surface area contributed by atoms with Gasteiger partial charge in [0.15, 0.2) is 5.82 Å². The quantitative estimate of drug-likeness (QED) is 0.802. The van der Waals surface area contributed by atoms with Crippen LogP contribution >= 0.6 is 11.6 Å². The van der Waals surface area contributed by atoms with Crippen molar-refractivity contribution in [3.63, 3.8) is 0 Å². The molecule has 0 aliphatic carbocycles. The summed E-state index contributed by atoms with van der Waals surface area (Å²) in [5.41, 5.74) is 5.14.